The Morgan fingerprint density at radius 3 is 2.24 bits per heavy atom. The molecule has 1 heterocycles. The summed E-state index contributed by atoms with van der Waals surface area (Å²) < 4.78 is 5.12. The summed E-state index contributed by atoms with van der Waals surface area (Å²) in [6.45, 7) is 0. The van der Waals surface area contributed by atoms with Crippen molar-refractivity contribution in [2.75, 3.05) is 5.73 Å². The molecule has 21 heavy (non-hydrogen) atoms. The van der Waals surface area contributed by atoms with Crippen LogP contribution < -0.4 is 5.73 Å². The number of anilines is 1. The quantitative estimate of drug-likeness (QED) is 0.666. The molecule has 3 nitrogen and oxygen atoms in total. The van der Waals surface area contributed by atoms with Crippen molar-refractivity contribution in [2.24, 2.45) is 0 Å². The second-order valence-corrected chi connectivity index (χ2v) is 5.68. The molecule has 3 rings (SSSR count). The van der Waals surface area contributed by atoms with Crippen LogP contribution >= 0.6 is 34.8 Å². The van der Waals surface area contributed by atoms with Gasteiger partial charge in [0.2, 0.25) is 5.88 Å². The molecule has 0 saturated heterocycles. The Balaban J connectivity index is 2.19. The summed E-state index contributed by atoms with van der Waals surface area (Å²) in [6, 6.07) is 12.4. The number of halogens is 3. The molecule has 0 amide bonds. The SMILES string of the molecule is Nc1onc(-c2ccc(Cl)cc2)c1-c1ccc(Cl)cc1Cl. The number of nitrogens with zero attached hydrogens (tertiary/aromatic N) is 1. The standard InChI is InChI=1S/C15H9Cl3N2O/c16-9-3-1-8(2-4-9)14-13(15(19)21-20-14)11-6-5-10(17)7-12(11)18/h1-7H,19H2. The summed E-state index contributed by atoms with van der Waals surface area (Å²) in [6.07, 6.45) is 0. The summed E-state index contributed by atoms with van der Waals surface area (Å²) in [5, 5.41) is 5.69. The number of aromatic nitrogens is 1. The Morgan fingerprint density at radius 1 is 0.905 bits per heavy atom. The van der Waals surface area contributed by atoms with Gasteiger partial charge in [0, 0.05) is 21.2 Å². The van der Waals surface area contributed by atoms with E-state index in [4.69, 9.17) is 45.1 Å². The zero-order valence-corrected chi connectivity index (χ0v) is 12.9. The maximum absolute atomic E-state index is 6.25. The number of hydrogen-bond acceptors (Lipinski definition) is 3. The van der Waals surface area contributed by atoms with Gasteiger partial charge in [-0.2, -0.15) is 0 Å². The van der Waals surface area contributed by atoms with Gasteiger partial charge in [0.25, 0.3) is 0 Å². The third-order valence-corrected chi connectivity index (χ3v) is 3.84. The normalized spacial score (nSPS) is 10.8. The second kappa shape index (κ2) is 5.60. The molecule has 0 aliphatic carbocycles. The molecule has 6 heteroatoms. The molecule has 2 aromatic carbocycles. The lowest BCUT2D eigenvalue weighted by molar-refractivity contribution is 0.439. The highest BCUT2D eigenvalue weighted by atomic mass is 35.5. The van der Waals surface area contributed by atoms with E-state index in [1.807, 2.05) is 12.1 Å². The third kappa shape index (κ3) is 2.72. The summed E-state index contributed by atoms with van der Waals surface area (Å²) in [5.74, 6) is 0.198. The zero-order chi connectivity index (χ0) is 15.0. The van der Waals surface area contributed by atoms with E-state index in [2.05, 4.69) is 5.16 Å². The first-order chi connectivity index (χ1) is 10.1. The molecule has 0 radical (unpaired) electrons. The molecular weight excluding hydrogens is 331 g/mol. The van der Waals surface area contributed by atoms with Crippen LogP contribution in [0, 0.1) is 0 Å². The van der Waals surface area contributed by atoms with Crippen molar-refractivity contribution in [1.82, 2.24) is 5.16 Å². The minimum atomic E-state index is 0.198. The number of nitrogens with two attached hydrogens (primary N) is 1. The lowest BCUT2D eigenvalue weighted by Gasteiger charge is -2.06. The van der Waals surface area contributed by atoms with Gasteiger partial charge in [-0.1, -0.05) is 58.2 Å². The monoisotopic (exact) mass is 338 g/mol. The van der Waals surface area contributed by atoms with E-state index in [0.717, 1.165) is 5.56 Å². The molecule has 0 saturated carbocycles. The molecule has 3 aromatic rings. The number of nitrogen functional groups attached to an aromatic ring is 1. The minimum Gasteiger partial charge on any atom is -0.367 e. The zero-order valence-electron chi connectivity index (χ0n) is 10.6. The Morgan fingerprint density at radius 2 is 1.57 bits per heavy atom. The van der Waals surface area contributed by atoms with Crippen LogP contribution in [-0.4, -0.2) is 5.16 Å². The molecule has 106 valence electrons. The molecule has 1 aromatic heterocycles. The van der Waals surface area contributed by atoms with Crippen LogP contribution in [0.5, 0.6) is 0 Å². The van der Waals surface area contributed by atoms with E-state index >= 15 is 0 Å². The Kier molecular flexibility index (Phi) is 3.81. The maximum Gasteiger partial charge on any atom is 0.230 e. The molecule has 0 aliphatic rings. The van der Waals surface area contributed by atoms with Crippen LogP contribution in [0.4, 0.5) is 5.88 Å². The third-order valence-electron chi connectivity index (χ3n) is 3.04. The molecule has 0 unspecified atom stereocenters. The molecule has 2 N–H and O–H groups in total. The highest BCUT2D eigenvalue weighted by Crippen LogP contribution is 2.40. The average molecular weight is 340 g/mol. The second-order valence-electron chi connectivity index (χ2n) is 4.40. The fourth-order valence-electron chi connectivity index (χ4n) is 2.06. The fraction of sp³-hybridized carbons (Fsp3) is 0. The molecule has 0 aliphatic heterocycles. The molecule has 0 atom stereocenters. The van der Waals surface area contributed by atoms with Crippen LogP contribution in [0.15, 0.2) is 47.0 Å². The molecule has 0 fully saturated rings. The van der Waals surface area contributed by atoms with Crippen molar-refractivity contribution in [2.45, 2.75) is 0 Å². The number of rotatable bonds is 2. The first-order valence-corrected chi connectivity index (χ1v) is 7.16. The van der Waals surface area contributed by atoms with Crippen molar-refractivity contribution in [3.8, 4) is 22.4 Å². The van der Waals surface area contributed by atoms with Crippen LogP contribution in [0.3, 0.4) is 0 Å². The van der Waals surface area contributed by atoms with Crippen molar-refractivity contribution >= 4 is 40.7 Å². The molecule has 0 bridgehead atoms. The summed E-state index contributed by atoms with van der Waals surface area (Å²) in [5.41, 5.74) is 8.69. The molecule has 0 spiro atoms. The largest absolute Gasteiger partial charge is 0.367 e. The molecular formula is C15H9Cl3N2O. The van der Waals surface area contributed by atoms with Crippen LogP contribution in [0.1, 0.15) is 0 Å². The van der Waals surface area contributed by atoms with Gasteiger partial charge < -0.3 is 10.3 Å². The van der Waals surface area contributed by atoms with E-state index in [0.29, 0.717) is 31.9 Å². The van der Waals surface area contributed by atoms with Gasteiger partial charge in [-0.15, -0.1) is 0 Å². The van der Waals surface area contributed by atoms with Crippen LogP contribution in [0.2, 0.25) is 15.1 Å². The summed E-state index contributed by atoms with van der Waals surface area (Å²) >= 11 is 18.1. The first kappa shape index (κ1) is 14.3. The number of hydrogen-bond donors (Lipinski definition) is 1. The van der Waals surface area contributed by atoms with Gasteiger partial charge in [-0.05, 0) is 24.3 Å². The smallest absolute Gasteiger partial charge is 0.230 e. The van der Waals surface area contributed by atoms with E-state index in [1.165, 1.54) is 0 Å². The van der Waals surface area contributed by atoms with Gasteiger partial charge in [0.05, 0.1) is 10.6 Å². The Labute approximate surface area is 136 Å². The predicted molar refractivity (Wildman–Crippen MR) is 86.8 cm³/mol. The highest BCUT2D eigenvalue weighted by molar-refractivity contribution is 6.36. The van der Waals surface area contributed by atoms with Crippen molar-refractivity contribution in [3.05, 3.63) is 57.5 Å². The van der Waals surface area contributed by atoms with Crippen molar-refractivity contribution in [3.63, 3.8) is 0 Å². The lowest BCUT2D eigenvalue weighted by atomic mass is 10.0. The van der Waals surface area contributed by atoms with Gasteiger partial charge in [-0.3, -0.25) is 0 Å². The summed E-state index contributed by atoms with van der Waals surface area (Å²) in [7, 11) is 0. The van der Waals surface area contributed by atoms with Crippen molar-refractivity contribution < 1.29 is 4.52 Å². The van der Waals surface area contributed by atoms with E-state index < -0.39 is 0 Å². The van der Waals surface area contributed by atoms with Crippen LogP contribution in [-0.2, 0) is 0 Å². The van der Waals surface area contributed by atoms with Gasteiger partial charge >= 0.3 is 0 Å². The topological polar surface area (TPSA) is 52.0 Å². The highest BCUT2D eigenvalue weighted by Gasteiger charge is 2.19. The van der Waals surface area contributed by atoms with E-state index in [1.54, 1.807) is 30.3 Å². The average Bonchev–Trinajstić information content (AvgIpc) is 2.82. The van der Waals surface area contributed by atoms with Gasteiger partial charge in [0.1, 0.15) is 5.69 Å². The fourth-order valence-corrected chi connectivity index (χ4v) is 2.69. The van der Waals surface area contributed by atoms with Crippen LogP contribution in [0.25, 0.3) is 22.4 Å². The van der Waals surface area contributed by atoms with Crippen molar-refractivity contribution in [1.29, 1.82) is 0 Å². The predicted octanol–water partition coefficient (Wildman–Crippen LogP) is 5.55. The lowest BCUT2D eigenvalue weighted by Crippen LogP contribution is -1.89. The Bertz CT molecular complexity index is 797. The first-order valence-electron chi connectivity index (χ1n) is 6.03. The summed E-state index contributed by atoms with van der Waals surface area (Å²) in [4.78, 5) is 0. The maximum atomic E-state index is 6.25. The van der Waals surface area contributed by atoms with Gasteiger partial charge in [0.15, 0.2) is 0 Å². The number of benzene rings is 2. The van der Waals surface area contributed by atoms with E-state index in [-0.39, 0.29) is 5.88 Å². The van der Waals surface area contributed by atoms with Gasteiger partial charge in [-0.25, -0.2) is 0 Å². The van der Waals surface area contributed by atoms with E-state index in [9.17, 15) is 0 Å². The minimum absolute atomic E-state index is 0.198. The Hall–Kier alpha value is -1.68.